The average molecular weight is 328 g/mol. The molecule has 1 aromatic rings. The summed E-state index contributed by atoms with van der Waals surface area (Å²) in [5.41, 5.74) is 1.17. The summed E-state index contributed by atoms with van der Waals surface area (Å²) in [6, 6.07) is 0.505. The van der Waals surface area contributed by atoms with E-state index in [1.807, 2.05) is 0 Å². The molecule has 2 rings (SSSR count). The van der Waals surface area contributed by atoms with Crippen molar-refractivity contribution in [3.63, 3.8) is 0 Å². The maximum atomic E-state index is 12.0. The number of nitrogens with zero attached hydrogens (tertiary/aromatic N) is 3. The molecule has 1 saturated heterocycles. The third-order valence-electron chi connectivity index (χ3n) is 3.59. The second-order valence-electron chi connectivity index (χ2n) is 6.53. The third kappa shape index (κ3) is 3.19. The molecule has 2 heterocycles. The second-order valence-corrected chi connectivity index (χ2v) is 7.32. The van der Waals surface area contributed by atoms with Crippen LogP contribution in [0.5, 0.6) is 0 Å². The molecule has 0 radical (unpaired) electrons. The Bertz CT molecular complexity index is 518. The highest BCUT2D eigenvalue weighted by Crippen LogP contribution is 2.35. The van der Waals surface area contributed by atoms with Gasteiger partial charge in [0.15, 0.2) is 0 Å². The number of rotatable bonds is 2. The number of aromatic nitrogens is 2. The first kappa shape index (κ1) is 14.6. The Hall–Kier alpha value is -0.840. The smallest absolute Gasteiger partial charge is 0.282 e. The van der Waals surface area contributed by atoms with E-state index in [9.17, 15) is 4.79 Å². The number of hydrogen-bond donors (Lipinski definition) is 0. The zero-order valence-corrected chi connectivity index (χ0v) is 13.7. The molecule has 19 heavy (non-hydrogen) atoms. The third-order valence-corrected chi connectivity index (χ3v) is 4.34. The topological polar surface area (TPSA) is 38.1 Å². The Morgan fingerprint density at radius 1 is 1.47 bits per heavy atom. The summed E-state index contributed by atoms with van der Waals surface area (Å²) in [5, 5.41) is 4.15. The number of anilines is 1. The fourth-order valence-corrected chi connectivity index (χ4v) is 3.36. The summed E-state index contributed by atoms with van der Waals surface area (Å²) in [4.78, 5) is 14.3. The molecule has 5 heteroatoms. The Kier molecular flexibility index (Phi) is 4.04. The average Bonchev–Trinajstić information content (AvgIpc) is 2.72. The predicted octanol–water partition coefficient (Wildman–Crippen LogP) is 2.95. The molecule has 0 aliphatic carbocycles. The van der Waals surface area contributed by atoms with Crippen LogP contribution in [0.25, 0.3) is 0 Å². The van der Waals surface area contributed by atoms with Gasteiger partial charge in [0.1, 0.15) is 4.47 Å². The highest BCUT2D eigenvalue weighted by Gasteiger charge is 2.30. The maximum Gasteiger partial charge on any atom is 0.282 e. The van der Waals surface area contributed by atoms with Gasteiger partial charge in [0, 0.05) is 19.6 Å². The molecule has 4 nitrogen and oxygen atoms in total. The molecule has 1 aliphatic rings. The minimum absolute atomic E-state index is 0.0705. The highest BCUT2D eigenvalue weighted by atomic mass is 79.9. The van der Waals surface area contributed by atoms with Gasteiger partial charge in [-0.15, -0.1) is 0 Å². The van der Waals surface area contributed by atoms with Gasteiger partial charge in [-0.1, -0.05) is 20.8 Å². The van der Waals surface area contributed by atoms with E-state index in [2.05, 4.69) is 46.7 Å². The molecule has 1 unspecified atom stereocenters. The van der Waals surface area contributed by atoms with E-state index in [4.69, 9.17) is 0 Å². The van der Waals surface area contributed by atoms with Crippen LogP contribution in [0.2, 0.25) is 0 Å². The monoisotopic (exact) mass is 327 g/mol. The standard InChI is InChI=1S/C14H22BrN3O/c1-14(2,3)8-10-6-5-7-18(10)11-9-16-17(4)13(19)12(11)15/h9-10H,5-8H2,1-4H3. The van der Waals surface area contributed by atoms with Gasteiger partial charge in [0.2, 0.25) is 0 Å². The van der Waals surface area contributed by atoms with Crippen molar-refractivity contribution in [3.05, 3.63) is 21.0 Å². The molecule has 0 aromatic carbocycles. The molecule has 0 saturated carbocycles. The molecular formula is C14H22BrN3O. The van der Waals surface area contributed by atoms with Gasteiger partial charge >= 0.3 is 0 Å². The van der Waals surface area contributed by atoms with E-state index >= 15 is 0 Å². The lowest BCUT2D eigenvalue weighted by atomic mass is 9.87. The minimum atomic E-state index is -0.0705. The Morgan fingerprint density at radius 3 is 2.79 bits per heavy atom. The maximum absolute atomic E-state index is 12.0. The van der Waals surface area contributed by atoms with Crippen LogP contribution in [-0.4, -0.2) is 22.4 Å². The van der Waals surface area contributed by atoms with E-state index in [0.717, 1.165) is 18.7 Å². The predicted molar refractivity (Wildman–Crippen MR) is 81.6 cm³/mol. The largest absolute Gasteiger partial charge is 0.366 e. The van der Waals surface area contributed by atoms with Crippen LogP contribution in [0.1, 0.15) is 40.0 Å². The Labute approximate surface area is 122 Å². The number of hydrogen-bond acceptors (Lipinski definition) is 3. The molecule has 0 bridgehead atoms. The van der Waals surface area contributed by atoms with E-state index in [0.29, 0.717) is 15.9 Å². The first-order chi connectivity index (χ1) is 8.79. The lowest BCUT2D eigenvalue weighted by Gasteiger charge is -2.32. The van der Waals surface area contributed by atoms with Crippen molar-refractivity contribution in [3.8, 4) is 0 Å². The molecule has 106 valence electrons. The van der Waals surface area contributed by atoms with Gasteiger partial charge in [-0.2, -0.15) is 5.10 Å². The lowest BCUT2D eigenvalue weighted by Crippen LogP contribution is -2.34. The lowest BCUT2D eigenvalue weighted by molar-refractivity contribution is 0.339. The van der Waals surface area contributed by atoms with Crippen molar-refractivity contribution in [1.82, 2.24) is 9.78 Å². The molecule has 1 aliphatic heterocycles. The molecule has 0 spiro atoms. The van der Waals surface area contributed by atoms with Crippen LogP contribution in [0.15, 0.2) is 15.5 Å². The molecule has 0 N–H and O–H groups in total. The fourth-order valence-electron chi connectivity index (χ4n) is 2.77. The van der Waals surface area contributed by atoms with Crippen LogP contribution in [0.4, 0.5) is 5.69 Å². The van der Waals surface area contributed by atoms with Crippen molar-refractivity contribution < 1.29 is 0 Å². The van der Waals surface area contributed by atoms with Gasteiger partial charge in [0.25, 0.3) is 5.56 Å². The van der Waals surface area contributed by atoms with E-state index in [1.165, 1.54) is 17.5 Å². The SMILES string of the molecule is Cn1ncc(N2CCCC2CC(C)(C)C)c(Br)c1=O. The summed E-state index contributed by atoms with van der Waals surface area (Å²) in [5.74, 6) is 0. The quantitative estimate of drug-likeness (QED) is 0.838. The molecular weight excluding hydrogens is 306 g/mol. The molecule has 0 amide bonds. The van der Waals surface area contributed by atoms with Gasteiger partial charge in [0.05, 0.1) is 11.9 Å². The Balaban J connectivity index is 2.31. The summed E-state index contributed by atoms with van der Waals surface area (Å²) < 4.78 is 1.99. The summed E-state index contributed by atoms with van der Waals surface area (Å²) in [7, 11) is 1.67. The first-order valence-corrected chi connectivity index (χ1v) is 7.57. The highest BCUT2D eigenvalue weighted by molar-refractivity contribution is 9.10. The van der Waals surface area contributed by atoms with Crippen LogP contribution in [-0.2, 0) is 7.05 Å². The normalized spacial score (nSPS) is 20.1. The first-order valence-electron chi connectivity index (χ1n) is 6.78. The summed E-state index contributed by atoms with van der Waals surface area (Å²) >= 11 is 3.43. The van der Waals surface area contributed by atoms with Gasteiger partial charge in [-0.05, 0) is 40.6 Å². The summed E-state index contributed by atoms with van der Waals surface area (Å²) in [6.07, 6.45) is 5.31. The second kappa shape index (κ2) is 5.27. The van der Waals surface area contributed by atoms with Crippen molar-refractivity contribution in [2.75, 3.05) is 11.4 Å². The Morgan fingerprint density at radius 2 is 2.16 bits per heavy atom. The van der Waals surface area contributed by atoms with Crippen LogP contribution in [0, 0.1) is 5.41 Å². The number of aryl methyl sites for hydroxylation is 1. The molecule has 1 atom stereocenters. The fraction of sp³-hybridized carbons (Fsp3) is 0.714. The number of halogens is 1. The van der Waals surface area contributed by atoms with Crippen molar-refractivity contribution in [2.45, 2.75) is 46.1 Å². The molecule has 1 fully saturated rings. The van der Waals surface area contributed by atoms with E-state index in [-0.39, 0.29) is 5.56 Å². The molecule has 1 aromatic heterocycles. The summed E-state index contributed by atoms with van der Waals surface area (Å²) in [6.45, 7) is 7.80. The zero-order valence-electron chi connectivity index (χ0n) is 12.1. The zero-order chi connectivity index (χ0) is 14.2. The van der Waals surface area contributed by atoms with E-state index in [1.54, 1.807) is 13.2 Å². The van der Waals surface area contributed by atoms with E-state index < -0.39 is 0 Å². The van der Waals surface area contributed by atoms with Crippen molar-refractivity contribution in [2.24, 2.45) is 12.5 Å². The van der Waals surface area contributed by atoms with Crippen molar-refractivity contribution >= 4 is 21.6 Å². The minimum Gasteiger partial charge on any atom is -0.366 e. The van der Waals surface area contributed by atoms with Crippen LogP contribution >= 0.6 is 15.9 Å². The van der Waals surface area contributed by atoms with Gasteiger partial charge in [-0.25, -0.2) is 4.68 Å². The van der Waals surface area contributed by atoms with Gasteiger partial charge in [-0.3, -0.25) is 4.79 Å². The van der Waals surface area contributed by atoms with Crippen molar-refractivity contribution in [1.29, 1.82) is 0 Å². The van der Waals surface area contributed by atoms with Crippen LogP contribution in [0.3, 0.4) is 0 Å². The van der Waals surface area contributed by atoms with Gasteiger partial charge < -0.3 is 4.90 Å². The van der Waals surface area contributed by atoms with Crippen LogP contribution < -0.4 is 10.5 Å².